The number of carboxylic acids is 1. The Morgan fingerprint density at radius 3 is 1.04 bits per heavy atom. The molecule has 5 heterocycles. The molecule has 4 saturated heterocycles. The Morgan fingerprint density at radius 2 is 0.776 bits per heavy atom. The molecule has 5 aromatic rings. The van der Waals surface area contributed by atoms with E-state index < -0.39 is 30.1 Å². The van der Waals surface area contributed by atoms with Crippen molar-refractivity contribution in [2.75, 3.05) is 54.4 Å². The van der Waals surface area contributed by atoms with E-state index in [9.17, 15) is 38.4 Å². The molecular weight excluding hydrogens is 983 g/mol. The van der Waals surface area contributed by atoms with Crippen molar-refractivity contribution in [2.24, 2.45) is 0 Å². The van der Waals surface area contributed by atoms with Crippen molar-refractivity contribution < 1.29 is 69.3 Å². The first kappa shape index (κ1) is 66.5. The fourth-order valence-corrected chi connectivity index (χ4v) is 7.75. The van der Waals surface area contributed by atoms with Gasteiger partial charge in [0.2, 0.25) is 0 Å². The van der Waals surface area contributed by atoms with Crippen LogP contribution < -0.4 is 4.99 Å². The topological polar surface area (TPSA) is 258 Å². The average molecular weight is 1060 g/mol. The predicted octanol–water partition coefficient (Wildman–Crippen LogP) is 5.48. The van der Waals surface area contributed by atoms with E-state index in [2.05, 4.69) is 15.3 Å². The van der Waals surface area contributed by atoms with Gasteiger partial charge in [0.15, 0.2) is 0 Å². The molecule has 416 valence electrons. The number of carbonyl (C=O) groups excluding carboxylic acids is 7. The molecule has 0 aliphatic carbocycles. The molecule has 4 aromatic carbocycles. The zero-order chi connectivity index (χ0) is 52.2. The van der Waals surface area contributed by atoms with E-state index in [4.69, 9.17) is 24.6 Å². The Bertz CT molecular complexity index is 2430. The van der Waals surface area contributed by atoms with Gasteiger partial charge in [-0.2, -0.15) is 5.26 Å². The SMILES string of the molecule is C.C.C.C.CN1CC(=O)CC1C(=O)O.CN1CC(=O)CC1C(=O)OCc1ccccc1.CN1CC(=O)CC1C(=O)OCc1ccccc1.CN1CC(=O)CC1C(=O)OCc1ccccc1.OOn1nnc2ccccc21.[HH]. The third-order valence-corrected chi connectivity index (χ3v) is 11.7. The van der Waals surface area contributed by atoms with Crippen LogP contribution in [0.2, 0.25) is 0 Å². The minimum Gasteiger partial charge on any atom is -0.480 e. The summed E-state index contributed by atoms with van der Waals surface area (Å²) in [5.74, 6) is -1.58. The second-order valence-electron chi connectivity index (χ2n) is 17.3. The summed E-state index contributed by atoms with van der Waals surface area (Å²) in [6, 6.07) is 33.8. The smallest absolute Gasteiger partial charge is 0.324 e. The van der Waals surface area contributed by atoms with E-state index in [1.807, 2.05) is 97.1 Å². The Hall–Kier alpha value is -7.56. The average Bonchev–Trinajstić information content (AvgIpc) is 4.21. The summed E-state index contributed by atoms with van der Waals surface area (Å²) < 4.78 is 15.6. The third kappa shape index (κ3) is 20.6. The van der Waals surface area contributed by atoms with Crippen LogP contribution in [0.25, 0.3) is 11.0 Å². The van der Waals surface area contributed by atoms with Crippen LogP contribution in [-0.4, -0.2) is 171 Å². The quantitative estimate of drug-likeness (QED) is 0.0719. The Kier molecular flexibility index (Phi) is 29.2. The number of carbonyl (C=O) groups is 8. The zero-order valence-corrected chi connectivity index (χ0v) is 40.5. The van der Waals surface area contributed by atoms with Gasteiger partial charge in [0.05, 0.1) is 26.2 Å². The Labute approximate surface area is 446 Å². The van der Waals surface area contributed by atoms with Crippen LogP contribution in [0.4, 0.5) is 0 Å². The number of aromatic nitrogens is 3. The number of fused-ring (bicyclic) bond motifs is 1. The number of hydrogen-bond acceptors (Lipinski definition) is 19. The van der Waals surface area contributed by atoms with E-state index >= 15 is 0 Å². The number of para-hydroxylation sites is 1. The summed E-state index contributed by atoms with van der Waals surface area (Å²) in [5, 5.41) is 24.0. The van der Waals surface area contributed by atoms with Gasteiger partial charge >= 0.3 is 23.9 Å². The van der Waals surface area contributed by atoms with Gasteiger partial charge in [-0.15, -0.1) is 5.10 Å². The molecule has 9 rings (SSSR count). The van der Waals surface area contributed by atoms with Crippen LogP contribution in [0.15, 0.2) is 115 Å². The molecule has 0 radical (unpaired) electrons. The lowest BCUT2D eigenvalue weighted by Gasteiger charge is -2.16. The van der Waals surface area contributed by atoms with Crippen LogP contribution in [-0.2, 0) is 72.4 Å². The molecule has 2 N–H and O–H groups in total. The standard InChI is InChI=1S/3C13H15NO3.C6H5N3O2.C6H9NO3.4CH4.H2/c3*1-14-8-11(15)7-12(14)13(16)17-9-10-5-3-2-4-6-10;10-11-9-6-4-2-1-3-5(6)7-8-9;1-7-3-4(8)2-5(7)6(9)10;;;;;/h3*2-6,12H,7-9H2,1H3;1-4,10H;5H,2-3H2,1H3,(H,9,10);4*1H4;1H. The van der Waals surface area contributed by atoms with E-state index in [1.165, 1.54) is 0 Å². The molecule has 1 aromatic heterocycles. The summed E-state index contributed by atoms with van der Waals surface area (Å²) in [7, 11) is 6.93. The van der Waals surface area contributed by atoms with Gasteiger partial charge in [-0.25, -0.2) is 4.99 Å². The number of benzene rings is 4. The van der Waals surface area contributed by atoms with Crippen molar-refractivity contribution in [3.05, 3.63) is 132 Å². The maximum atomic E-state index is 11.8. The highest BCUT2D eigenvalue weighted by Gasteiger charge is 2.36. The number of likely N-dealkylation sites (N-methyl/N-ethyl adjacent to an activating group) is 4. The lowest BCUT2D eigenvalue weighted by Crippen LogP contribution is -2.34. The summed E-state index contributed by atoms with van der Waals surface area (Å²) >= 11 is 0. The maximum Gasteiger partial charge on any atom is 0.324 e. The molecule has 0 bridgehead atoms. The molecule has 4 aliphatic rings. The van der Waals surface area contributed by atoms with Crippen LogP contribution in [0.5, 0.6) is 0 Å². The van der Waals surface area contributed by atoms with Gasteiger partial charge in [-0.05, 0) is 67.1 Å². The number of hydrogen-bond donors (Lipinski definition) is 2. The highest BCUT2D eigenvalue weighted by atomic mass is 17.2. The number of Topliss-reactive ketones (excluding diaryl/α,β-unsaturated/α-hetero) is 4. The van der Waals surface area contributed by atoms with Crippen molar-refractivity contribution in [2.45, 2.75) is 99.4 Å². The molecule has 4 atom stereocenters. The maximum absolute atomic E-state index is 11.8. The normalized spacial score (nSPS) is 18.9. The van der Waals surface area contributed by atoms with Crippen LogP contribution in [0.3, 0.4) is 0 Å². The third-order valence-electron chi connectivity index (χ3n) is 11.7. The first-order chi connectivity index (χ1) is 34.5. The minimum atomic E-state index is -0.909. The number of esters is 3. The molecule has 4 fully saturated rings. The minimum absolute atomic E-state index is 0. The predicted molar refractivity (Wildman–Crippen MR) is 286 cm³/mol. The van der Waals surface area contributed by atoms with Crippen molar-refractivity contribution >= 4 is 58.0 Å². The van der Waals surface area contributed by atoms with E-state index in [-0.39, 0.29) is 124 Å². The lowest BCUT2D eigenvalue weighted by atomic mass is 10.2. The van der Waals surface area contributed by atoms with Crippen molar-refractivity contribution in [3.63, 3.8) is 0 Å². The number of ketones is 4. The molecule has 4 unspecified atom stereocenters. The van der Waals surface area contributed by atoms with Crippen LogP contribution in [0, 0.1) is 0 Å². The number of ether oxygens (including phenoxy) is 3. The largest absolute Gasteiger partial charge is 0.480 e. The summed E-state index contributed by atoms with van der Waals surface area (Å²) in [6.45, 7) is 2.08. The monoisotopic (exact) mass is 1060 g/mol. The number of rotatable bonds is 11. The Balaban J connectivity index is 0.000000936. The van der Waals surface area contributed by atoms with Gasteiger partial charge in [0.1, 0.15) is 78.2 Å². The molecule has 21 nitrogen and oxygen atoms in total. The molecular formula is C55H77N7O14. The molecule has 0 spiro atoms. The molecule has 0 saturated carbocycles. The van der Waals surface area contributed by atoms with E-state index in [0.29, 0.717) is 30.7 Å². The highest BCUT2D eigenvalue weighted by molar-refractivity contribution is 5.93. The fraction of sp³-hybridized carbons (Fsp3) is 0.418. The summed E-state index contributed by atoms with van der Waals surface area (Å²) in [4.78, 5) is 101. The zero-order valence-electron chi connectivity index (χ0n) is 40.5. The second kappa shape index (κ2) is 33.4. The molecule has 0 amide bonds. The molecule has 21 heteroatoms. The van der Waals surface area contributed by atoms with Gasteiger partial charge in [-0.3, -0.25) is 58.0 Å². The Morgan fingerprint density at radius 1 is 0.487 bits per heavy atom. The van der Waals surface area contributed by atoms with Gasteiger partial charge in [-0.1, -0.05) is 133 Å². The molecule has 76 heavy (non-hydrogen) atoms. The van der Waals surface area contributed by atoms with Crippen molar-refractivity contribution in [1.29, 1.82) is 0 Å². The van der Waals surface area contributed by atoms with Gasteiger partial charge in [0, 0.05) is 27.1 Å². The second-order valence-corrected chi connectivity index (χ2v) is 17.3. The summed E-state index contributed by atoms with van der Waals surface area (Å²) in [6.07, 6.45) is 0.963. The molecule has 4 aliphatic heterocycles. The van der Waals surface area contributed by atoms with Crippen molar-refractivity contribution in [1.82, 2.24) is 34.8 Å². The van der Waals surface area contributed by atoms with Crippen LogP contribution >= 0.6 is 0 Å². The number of likely N-dealkylation sites (tertiary alicyclic amines) is 4. The van der Waals surface area contributed by atoms with Gasteiger partial charge < -0.3 is 19.3 Å². The highest BCUT2D eigenvalue weighted by Crippen LogP contribution is 2.17. The van der Waals surface area contributed by atoms with E-state index in [1.54, 1.807) is 66.0 Å². The summed E-state index contributed by atoms with van der Waals surface area (Å²) in [5.41, 5.74) is 4.17. The van der Waals surface area contributed by atoms with Crippen LogP contribution in [0.1, 0.15) is 73.5 Å². The van der Waals surface area contributed by atoms with Crippen molar-refractivity contribution in [3.8, 4) is 0 Å². The fourth-order valence-electron chi connectivity index (χ4n) is 7.75. The van der Waals surface area contributed by atoms with E-state index in [0.717, 1.165) is 21.5 Å². The first-order valence-electron chi connectivity index (χ1n) is 22.9. The number of aliphatic carboxylic acids is 1. The first-order valence-corrected chi connectivity index (χ1v) is 22.9. The lowest BCUT2D eigenvalue weighted by molar-refractivity contribution is -0.250. The number of nitrogens with zero attached hydrogens (tertiary/aromatic N) is 7. The van der Waals surface area contributed by atoms with Gasteiger partial charge in [0.25, 0.3) is 0 Å². The number of carboxylic acid groups (broad SMARTS) is 1.